The number of fused-ring (bicyclic) bond motifs is 1. The van der Waals surface area contributed by atoms with E-state index in [0.717, 1.165) is 16.6 Å². The monoisotopic (exact) mass is 390 g/mol. The third-order valence-electron chi connectivity index (χ3n) is 4.03. The molecular formula is C19H16Cl2N2O3. The summed E-state index contributed by atoms with van der Waals surface area (Å²) in [5.41, 5.74) is 2.51. The van der Waals surface area contributed by atoms with E-state index in [1.807, 2.05) is 6.92 Å². The molecule has 0 radical (unpaired) electrons. The number of ether oxygens (including phenoxy) is 1. The number of aryl methyl sites for hydroxylation is 1. The lowest BCUT2D eigenvalue weighted by molar-refractivity contribution is -0.137. The van der Waals surface area contributed by atoms with Crippen molar-refractivity contribution in [1.29, 1.82) is 0 Å². The van der Waals surface area contributed by atoms with Crippen LogP contribution in [0.1, 0.15) is 28.5 Å². The van der Waals surface area contributed by atoms with Crippen LogP contribution < -0.4 is 0 Å². The first-order chi connectivity index (χ1) is 12.4. The van der Waals surface area contributed by atoms with Gasteiger partial charge in [-0.1, -0.05) is 35.3 Å². The van der Waals surface area contributed by atoms with E-state index in [0.29, 0.717) is 22.1 Å². The summed E-state index contributed by atoms with van der Waals surface area (Å²) >= 11 is 12.5. The van der Waals surface area contributed by atoms with Crippen molar-refractivity contribution in [2.24, 2.45) is 0 Å². The van der Waals surface area contributed by atoms with Crippen LogP contribution in [-0.4, -0.2) is 28.1 Å². The lowest BCUT2D eigenvalue weighted by Gasteiger charge is -2.09. The zero-order chi connectivity index (χ0) is 18.8. The van der Waals surface area contributed by atoms with E-state index in [9.17, 15) is 9.59 Å². The Morgan fingerprint density at radius 3 is 2.50 bits per heavy atom. The predicted octanol–water partition coefficient (Wildman–Crippen LogP) is 4.45. The number of ketones is 1. The van der Waals surface area contributed by atoms with Crippen molar-refractivity contribution in [2.45, 2.75) is 20.4 Å². The van der Waals surface area contributed by atoms with Gasteiger partial charge in [0.2, 0.25) is 0 Å². The molecule has 0 amide bonds. The van der Waals surface area contributed by atoms with Gasteiger partial charge >= 0.3 is 5.97 Å². The Hall–Kier alpha value is -2.37. The Bertz CT molecular complexity index is 991. The van der Waals surface area contributed by atoms with Crippen molar-refractivity contribution in [3.8, 4) is 0 Å². The van der Waals surface area contributed by atoms with Gasteiger partial charge in [0.05, 0.1) is 24.4 Å². The van der Waals surface area contributed by atoms with Gasteiger partial charge in [-0.2, -0.15) is 5.10 Å². The number of hydrogen-bond donors (Lipinski definition) is 0. The highest BCUT2D eigenvalue weighted by molar-refractivity contribution is 6.41. The Morgan fingerprint density at radius 1 is 1.15 bits per heavy atom. The quantitative estimate of drug-likeness (QED) is 0.366. The van der Waals surface area contributed by atoms with Gasteiger partial charge in [0.25, 0.3) is 5.78 Å². The topological polar surface area (TPSA) is 61.2 Å². The molecule has 2 aromatic carbocycles. The van der Waals surface area contributed by atoms with Gasteiger partial charge < -0.3 is 4.74 Å². The molecule has 3 rings (SSSR count). The second-order valence-corrected chi connectivity index (χ2v) is 6.54. The van der Waals surface area contributed by atoms with Crippen LogP contribution in [0.15, 0.2) is 36.4 Å². The summed E-state index contributed by atoms with van der Waals surface area (Å²) < 4.78 is 6.51. The fourth-order valence-corrected chi connectivity index (χ4v) is 3.27. The van der Waals surface area contributed by atoms with E-state index in [2.05, 4.69) is 5.10 Å². The maximum Gasteiger partial charge on any atom is 0.379 e. The highest BCUT2D eigenvalue weighted by atomic mass is 35.5. The molecule has 26 heavy (non-hydrogen) atoms. The van der Waals surface area contributed by atoms with Crippen molar-refractivity contribution < 1.29 is 14.3 Å². The zero-order valence-electron chi connectivity index (χ0n) is 14.3. The number of rotatable bonds is 5. The van der Waals surface area contributed by atoms with Crippen LogP contribution in [0.3, 0.4) is 0 Å². The molecule has 3 aromatic rings. The number of benzene rings is 2. The van der Waals surface area contributed by atoms with Crippen LogP contribution in [0.2, 0.25) is 10.0 Å². The van der Waals surface area contributed by atoms with Gasteiger partial charge in [-0.05, 0) is 38.1 Å². The second-order valence-electron chi connectivity index (χ2n) is 5.72. The Morgan fingerprint density at radius 2 is 1.85 bits per heavy atom. The Balaban J connectivity index is 2.05. The Kier molecular flexibility index (Phi) is 5.30. The van der Waals surface area contributed by atoms with Gasteiger partial charge in [-0.25, -0.2) is 4.79 Å². The van der Waals surface area contributed by atoms with Crippen molar-refractivity contribution in [3.05, 3.63) is 63.3 Å². The van der Waals surface area contributed by atoms with E-state index in [1.54, 1.807) is 48.0 Å². The van der Waals surface area contributed by atoms with Gasteiger partial charge in [-0.3, -0.25) is 9.48 Å². The zero-order valence-corrected chi connectivity index (χ0v) is 15.8. The number of halogens is 2. The standard InChI is InChI=1S/C19H16Cl2N2O3/c1-3-26-19(25)18(24)12-7-8-13-11(2)22-23(17(13)9-12)10-14-15(20)5-4-6-16(14)21/h4-9H,3,10H2,1-2H3. The van der Waals surface area contributed by atoms with Crippen LogP contribution in [0.25, 0.3) is 10.9 Å². The fourth-order valence-electron chi connectivity index (χ4n) is 2.75. The second kappa shape index (κ2) is 7.48. The number of aromatic nitrogens is 2. The molecule has 0 aliphatic rings. The number of Topliss-reactive ketones (excluding diaryl/α,β-unsaturated/α-hetero) is 1. The first-order valence-electron chi connectivity index (χ1n) is 8.04. The summed E-state index contributed by atoms with van der Waals surface area (Å²) in [6, 6.07) is 10.3. The van der Waals surface area contributed by atoms with E-state index in [-0.39, 0.29) is 12.2 Å². The molecule has 0 saturated carbocycles. The van der Waals surface area contributed by atoms with E-state index < -0.39 is 11.8 Å². The number of carbonyl (C=O) groups excluding carboxylic acids is 2. The molecular weight excluding hydrogens is 375 g/mol. The summed E-state index contributed by atoms with van der Waals surface area (Å²) in [5, 5.41) is 6.48. The summed E-state index contributed by atoms with van der Waals surface area (Å²) in [4.78, 5) is 23.9. The fraction of sp³-hybridized carbons (Fsp3) is 0.211. The molecule has 0 fully saturated rings. The van der Waals surface area contributed by atoms with Crippen LogP contribution in [0, 0.1) is 6.92 Å². The number of carbonyl (C=O) groups is 2. The smallest absolute Gasteiger partial charge is 0.379 e. The lowest BCUT2D eigenvalue weighted by Crippen LogP contribution is -2.17. The molecule has 0 saturated heterocycles. The van der Waals surface area contributed by atoms with Gasteiger partial charge in [0.1, 0.15) is 0 Å². The highest BCUT2D eigenvalue weighted by Gasteiger charge is 2.19. The molecule has 7 heteroatoms. The maximum atomic E-state index is 12.2. The van der Waals surface area contributed by atoms with E-state index in [1.165, 1.54) is 0 Å². The van der Waals surface area contributed by atoms with Crippen molar-refractivity contribution in [2.75, 3.05) is 6.61 Å². The van der Waals surface area contributed by atoms with Crippen LogP contribution in [0.5, 0.6) is 0 Å². The molecule has 0 aliphatic heterocycles. The molecule has 0 spiro atoms. The molecule has 134 valence electrons. The maximum absolute atomic E-state index is 12.2. The SMILES string of the molecule is CCOC(=O)C(=O)c1ccc2c(C)nn(Cc3c(Cl)cccc3Cl)c2c1. The summed E-state index contributed by atoms with van der Waals surface area (Å²) in [5.74, 6) is -1.56. The third kappa shape index (κ3) is 3.45. The lowest BCUT2D eigenvalue weighted by atomic mass is 10.1. The predicted molar refractivity (Wildman–Crippen MR) is 101 cm³/mol. The summed E-state index contributed by atoms with van der Waals surface area (Å²) in [7, 11) is 0. The third-order valence-corrected chi connectivity index (χ3v) is 4.74. The van der Waals surface area contributed by atoms with Gasteiger partial charge in [0, 0.05) is 26.6 Å². The van der Waals surface area contributed by atoms with Gasteiger partial charge in [0.15, 0.2) is 0 Å². The van der Waals surface area contributed by atoms with Crippen LogP contribution >= 0.6 is 23.2 Å². The number of esters is 1. The number of hydrogen-bond acceptors (Lipinski definition) is 4. The van der Waals surface area contributed by atoms with Crippen LogP contribution in [0.4, 0.5) is 0 Å². The summed E-state index contributed by atoms with van der Waals surface area (Å²) in [6.07, 6.45) is 0. The van der Waals surface area contributed by atoms with E-state index in [4.69, 9.17) is 27.9 Å². The normalized spacial score (nSPS) is 10.9. The molecule has 1 aromatic heterocycles. The molecule has 0 aliphatic carbocycles. The molecule has 0 bridgehead atoms. The first-order valence-corrected chi connectivity index (χ1v) is 8.79. The summed E-state index contributed by atoms with van der Waals surface area (Å²) in [6.45, 7) is 4.02. The van der Waals surface area contributed by atoms with Crippen molar-refractivity contribution >= 4 is 45.9 Å². The molecule has 0 unspecified atom stereocenters. The molecule has 0 N–H and O–H groups in total. The minimum atomic E-state index is -0.871. The Labute approximate surface area is 160 Å². The number of nitrogens with zero attached hydrogens (tertiary/aromatic N) is 2. The van der Waals surface area contributed by atoms with Crippen LogP contribution in [-0.2, 0) is 16.1 Å². The largest absolute Gasteiger partial charge is 0.460 e. The minimum absolute atomic E-state index is 0.148. The molecule has 0 atom stereocenters. The van der Waals surface area contributed by atoms with Gasteiger partial charge in [-0.15, -0.1) is 0 Å². The molecule has 5 nitrogen and oxygen atoms in total. The average molecular weight is 391 g/mol. The molecule has 1 heterocycles. The van der Waals surface area contributed by atoms with Crippen molar-refractivity contribution in [1.82, 2.24) is 9.78 Å². The minimum Gasteiger partial charge on any atom is -0.460 e. The van der Waals surface area contributed by atoms with E-state index >= 15 is 0 Å². The average Bonchev–Trinajstić information content (AvgIpc) is 2.93. The van der Waals surface area contributed by atoms with Crippen molar-refractivity contribution in [3.63, 3.8) is 0 Å². The first kappa shape index (κ1) is 18.4. The highest BCUT2D eigenvalue weighted by Crippen LogP contribution is 2.27.